The summed E-state index contributed by atoms with van der Waals surface area (Å²) in [6, 6.07) is 0. The van der Waals surface area contributed by atoms with Gasteiger partial charge in [-0.05, 0) is 6.92 Å². The molecule has 0 aliphatic heterocycles. The molecule has 2 nitrogen and oxygen atoms in total. The van der Waals surface area contributed by atoms with Crippen LogP contribution < -0.4 is 0 Å². The van der Waals surface area contributed by atoms with Crippen LogP contribution in [0.3, 0.4) is 0 Å². The van der Waals surface area contributed by atoms with Gasteiger partial charge in [0.15, 0.2) is 0 Å². The Kier molecular flexibility index (Phi) is 23.6. The van der Waals surface area contributed by atoms with Crippen LogP contribution in [0.2, 0.25) is 0 Å². The number of carboxylic acid groups (broad SMARTS) is 1. The number of aliphatic carboxylic acids is 1. The molecule has 0 bridgehead atoms. The highest BCUT2D eigenvalue weighted by Crippen LogP contribution is 2.13. The van der Waals surface area contributed by atoms with Gasteiger partial charge in [-0.15, -0.1) is 0 Å². The fourth-order valence-electron chi connectivity index (χ4n) is 2.55. The molecule has 0 aromatic heterocycles. The number of unbranched alkanes of at least 4 members (excludes halogenated alkanes) is 15. The third kappa shape index (κ3) is 26.1. The highest BCUT2D eigenvalue weighted by Gasteiger charge is 1.93. The molecule has 0 unspecified atom stereocenters. The maximum absolute atomic E-state index is 9.60. The Labute approximate surface area is 152 Å². The molecule has 1 radical (unpaired) electrons. The van der Waals surface area contributed by atoms with Gasteiger partial charge in [-0.1, -0.05) is 123 Å². The minimum atomic E-state index is -0.935. The molecule has 0 amide bonds. The van der Waals surface area contributed by atoms with Crippen molar-refractivity contribution in [2.45, 2.75) is 117 Å². The van der Waals surface area contributed by atoms with Crippen molar-refractivity contribution in [2.75, 3.05) is 0 Å². The third-order valence-electron chi connectivity index (χ3n) is 4.22. The van der Waals surface area contributed by atoms with Gasteiger partial charge in [-0.2, -0.15) is 0 Å². The first-order valence-electron chi connectivity index (χ1n) is 10.2. The molecule has 0 saturated carbocycles. The van der Waals surface area contributed by atoms with Crippen LogP contribution in [-0.4, -0.2) is 11.1 Å². The summed E-state index contributed by atoms with van der Waals surface area (Å²) >= 11 is 0. The number of hydrogen-bond acceptors (Lipinski definition) is 1. The second-order valence-corrected chi connectivity index (χ2v) is 6.89. The molecule has 1 N–H and O–H groups in total. The van der Waals surface area contributed by atoms with E-state index in [0.29, 0.717) is 0 Å². The van der Waals surface area contributed by atoms with E-state index in [-0.39, 0.29) is 5.57 Å². The summed E-state index contributed by atoms with van der Waals surface area (Å²) < 4.78 is 0. The maximum Gasteiger partial charge on any atom is 0.330 e. The van der Waals surface area contributed by atoms with E-state index in [9.17, 15) is 4.79 Å². The Morgan fingerprint density at radius 1 is 0.708 bits per heavy atom. The van der Waals surface area contributed by atoms with Crippen LogP contribution in [0.25, 0.3) is 0 Å². The second kappa shape index (κ2) is 22.2. The van der Waals surface area contributed by atoms with Crippen molar-refractivity contribution in [2.24, 2.45) is 0 Å². The summed E-state index contributed by atoms with van der Waals surface area (Å²) in [5.74, 6) is -0.935. The van der Waals surface area contributed by atoms with E-state index in [2.05, 4.69) is 20.4 Å². The minimum Gasteiger partial charge on any atom is -0.478 e. The molecule has 24 heavy (non-hydrogen) atoms. The first-order valence-corrected chi connectivity index (χ1v) is 10.2. The van der Waals surface area contributed by atoms with Crippen LogP contribution in [0.15, 0.2) is 12.2 Å². The number of carboxylic acids is 1. The Bertz CT molecular complexity index is 243. The van der Waals surface area contributed by atoms with Crippen molar-refractivity contribution >= 4 is 5.97 Å². The Morgan fingerprint density at radius 2 is 0.958 bits per heavy atom. The van der Waals surface area contributed by atoms with Gasteiger partial charge in [0.1, 0.15) is 0 Å². The van der Waals surface area contributed by atoms with Gasteiger partial charge in [0.05, 0.1) is 0 Å². The van der Waals surface area contributed by atoms with Crippen molar-refractivity contribution in [1.29, 1.82) is 0 Å². The molecule has 0 heterocycles. The monoisotopic (exact) mass is 339 g/mol. The Hall–Kier alpha value is -0.790. The summed E-state index contributed by atoms with van der Waals surface area (Å²) in [5, 5.41) is 7.89. The van der Waals surface area contributed by atoms with Gasteiger partial charge in [-0.3, -0.25) is 0 Å². The van der Waals surface area contributed by atoms with E-state index in [1.165, 1.54) is 103 Å². The summed E-state index contributed by atoms with van der Waals surface area (Å²) in [5.41, 5.74) is 0.176. The molecule has 0 aromatic rings. The smallest absolute Gasteiger partial charge is 0.330 e. The number of rotatable bonds is 16. The average Bonchev–Trinajstić information content (AvgIpc) is 2.55. The predicted octanol–water partition coefficient (Wildman–Crippen LogP) is 7.73. The summed E-state index contributed by atoms with van der Waals surface area (Å²) in [4.78, 5) is 9.60. The van der Waals surface area contributed by atoms with Crippen molar-refractivity contribution in [3.8, 4) is 0 Å². The van der Waals surface area contributed by atoms with E-state index in [4.69, 9.17) is 5.11 Å². The first kappa shape index (κ1) is 25.5. The minimum absolute atomic E-state index is 0.176. The highest BCUT2D eigenvalue weighted by atomic mass is 16.4. The van der Waals surface area contributed by atoms with E-state index < -0.39 is 5.97 Å². The number of carbonyl (C=O) groups is 1. The SMILES string of the molecule is C=C(C)C(=O)O.[CH2]CCCCCCCCCCCCCCCCC. The standard InChI is InChI=1S/C18H37.C4H6O2/c1-3-5-7-9-11-13-15-17-18-16-14-12-10-8-6-4-2;1-3(2)4(5)6/h1,3-18H2,2H3;1H2,2H3,(H,5,6). The van der Waals surface area contributed by atoms with E-state index in [1.54, 1.807) is 0 Å². The van der Waals surface area contributed by atoms with Crippen LogP contribution in [0.1, 0.15) is 117 Å². The van der Waals surface area contributed by atoms with Crippen molar-refractivity contribution in [3.05, 3.63) is 19.1 Å². The molecule has 0 rings (SSSR count). The normalized spacial score (nSPS) is 10.1. The van der Waals surface area contributed by atoms with Crippen molar-refractivity contribution in [3.63, 3.8) is 0 Å². The fraction of sp³-hybridized carbons (Fsp3) is 0.818. The summed E-state index contributed by atoms with van der Waals surface area (Å²) in [7, 11) is 0. The molecule has 0 aromatic carbocycles. The molecular formula is C22H43O2. The summed E-state index contributed by atoms with van der Waals surface area (Å²) in [6.45, 7) is 10.8. The van der Waals surface area contributed by atoms with Gasteiger partial charge in [-0.25, -0.2) is 4.79 Å². The lowest BCUT2D eigenvalue weighted by atomic mass is 10.0. The zero-order valence-corrected chi connectivity index (χ0v) is 16.6. The van der Waals surface area contributed by atoms with Gasteiger partial charge < -0.3 is 5.11 Å². The molecule has 0 aliphatic rings. The van der Waals surface area contributed by atoms with Crippen molar-refractivity contribution < 1.29 is 9.90 Å². The lowest BCUT2D eigenvalue weighted by molar-refractivity contribution is -0.132. The molecule has 143 valence electrons. The van der Waals surface area contributed by atoms with Crippen LogP contribution in [-0.2, 0) is 4.79 Å². The molecule has 0 fully saturated rings. The van der Waals surface area contributed by atoms with Crippen LogP contribution in [0, 0.1) is 6.92 Å². The molecular weight excluding hydrogens is 296 g/mol. The first-order chi connectivity index (χ1) is 11.6. The van der Waals surface area contributed by atoms with E-state index in [0.717, 1.165) is 6.42 Å². The fourth-order valence-corrected chi connectivity index (χ4v) is 2.55. The van der Waals surface area contributed by atoms with E-state index >= 15 is 0 Å². The zero-order valence-electron chi connectivity index (χ0n) is 16.6. The highest BCUT2D eigenvalue weighted by molar-refractivity contribution is 5.84. The quantitative estimate of drug-likeness (QED) is 0.231. The van der Waals surface area contributed by atoms with Crippen LogP contribution in [0.4, 0.5) is 0 Å². The second-order valence-electron chi connectivity index (χ2n) is 6.89. The molecule has 0 atom stereocenters. The average molecular weight is 340 g/mol. The lowest BCUT2D eigenvalue weighted by Crippen LogP contribution is -1.92. The number of hydrogen-bond donors (Lipinski definition) is 1. The third-order valence-corrected chi connectivity index (χ3v) is 4.22. The van der Waals surface area contributed by atoms with Gasteiger partial charge in [0.25, 0.3) is 0 Å². The molecule has 0 aliphatic carbocycles. The largest absolute Gasteiger partial charge is 0.478 e. The topological polar surface area (TPSA) is 37.3 Å². The molecule has 0 saturated heterocycles. The maximum atomic E-state index is 9.60. The Balaban J connectivity index is 0. The zero-order chi connectivity index (χ0) is 18.5. The lowest BCUT2D eigenvalue weighted by Gasteiger charge is -2.03. The van der Waals surface area contributed by atoms with Crippen molar-refractivity contribution in [1.82, 2.24) is 0 Å². The Morgan fingerprint density at radius 3 is 1.17 bits per heavy atom. The molecule has 0 spiro atoms. The predicted molar refractivity (Wildman–Crippen MR) is 107 cm³/mol. The van der Waals surface area contributed by atoms with Gasteiger partial charge >= 0.3 is 5.97 Å². The van der Waals surface area contributed by atoms with Crippen LogP contribution >= 0.6 is 0 Å². The van der Waals surface area contributed by atoms with Crippen LogP contribution in [0.5, 0.6) is 0 Å². The summed E-state index contributed by atoms with van der Waals surface area (Å²) in [6.07, 6.45) is 22.8. The van der Waals surface area contributed by atoms with E-state index in [1.807, 2.05) is 0 Å². The molecule has 2 heteroatoms. The van der Waals surface area contributed by atoms with Gasteiger partial charge in [0, 0.05) is 5.57 Å². The van der Waals surface area contributed by atoms with Gasteiger partial charge in [0.2, 0.25) is 0 Å².